The number of hydrogen-bond acceptors (Lipinski definition) is 3. The van der Waals surface area contributed by atoms with E-state index in [1.54, 1.807) is 24.4 Å². The van der Waals surface area contributed by atoms with Gasteiger partial charge in [0.1, 0.15) is 0 Å². The lowest BCUT2D eigenvalue weighted by Gasteiger charge is -2.26. The fourth-order valence-electron chi connectivity index (χ4n) is 3.55. The van der Waals surface area contributed by atoms with Crippen LogP contribution in [-0.4, -0.2) is 36.2 Å². The topological polar surface area (TPSA) is 54.5 Å². The van der Waals surface area contributed by atoms with Crippen molar-refractivity contribution in [2.75, 3.05) is 20.3 Å². The Bertz CT molecular complexity index is 748. The molecule has 1 aromatic carbocycles. The predicted octanol–water partition coefficient (Wildman–Crippen LogP) is 3.88. The van der Waals surface area contributed by atoms with Crippen LogP contribution in [0.5, 0.6) is 0 Å². The summed E-state index contributed by atoms with van der Waals surface area (Å²) < 4.78 is 5.17. The number of carbonyl (C=O) groups is 1. The predicted molar refractivity (Wildman–Crippen MR) is 107 cm³/mol. The van der Waals surface area contributed by atoms with E-state index < -0.39 is 0 Å². The van der Waals surface area contributed by atoms with Gasteiger partial charge in [0.25, 0.3) is 0 Å². The molecular formula is C22H29N3O2. The van der Waals surface area contributed by atoms with Crippen LogP contribution in [0, 0.1) is 0 Å². The summed E-state index contributed by atoms with van der Waals surface area (Å²) in [7, 11) is 1.65. The summed E-state index contributed by atoms with van der Waals surface area (Å²) in [6.45, 7) is 3.59. The first-order valence-electron chi connectivity index (χ1n) is 9.72. The molecule has 144 valence electrons. The number of nitrogens with zero attached hydrogens (tertiary/aromatic N) is 2. The van der Waals surface area contributed by atoms with Crippen molar-refractivity contribution in [2.24, 2.45) is 0 Å². The number of aromatic nitrogens is 1. The van der Waals surface area contributed by atoms with Gasteiger partial charge in [0.2, 0.25) is 0 Å². The minimum absolute atomic E-state index is 0.0383. The minimum Gasteiger partial charge on any atom is -0.383 e. The molecule has 1 aromatic heterocycles. The minimum atomic E-state index is -0.0823. The van der Waals surface area contributed by atoms with Gasteiger partial charge < -0.3 is 15.0 Å². The van der Waals surface area contributed by atoms with E-state index in [4.69, 9.17) is 4.74 Å². The molecule has 1 heterocycles. The average molecular weight is 367 g/mol. The number of carbonyl (C=O) groups excluding carboxylic acids is 1. The zero-order valence-corrected chi connectivity index (χ0v) is 16.3. The maximum absolute atomic E-state index is 12.9. The van der Waals surface area contributed by atoms with E-state index in [9.17, 15) is 4.79 Å². The van der Waals surface area contributed by atoms with E-state index in [1.165, 1.54) is 30.4 Å². The third-order valence-electron chi connectivity index (χ3n) is 5.16. The molecule has 0 radical (unpaired) electrons. The van der Waals surface area contributed by atoms with Gasteiger partial charge in [-0.3, -0.25) is 4.98 Å². The number of fused-ring (bicyclic) bond motifs is 1. The van der Waals surface area contributed by atoms with Crippen molar-refractivity contribution in [3.8, 4) is 0 Å². The van der Waals surface area contributed by atoms with Crippen LogP contribution in [0.3, 0.4) is 0 Å². The van der Waals surface area contributed by atoms with Crippen molar-refractivity contribution in [3.63, 3.8) is 0 Å². The third-order valence-corrected chi connectivity index (χ3v) is 5.16. The number of aryl methyl sites for hydroxylation is 2. The number of hydrogen-bond donors (Lipinski definition) is 1. The molecule has 1 N–H and O–H groups in total. The molecule has 0 saturated carbocycles. The van der Waals surface area contributed by atoms with Gasteiger partial charge in [-0.15, -0.1) is 0 Å². The highest BCUT2D eigenvalue weighted by molar-refractivity contribution is 5.74. The Labute approximate surface area is 161 Å². The van der Waals surface area contributed by atoms with E-state index >= 15 is 0 Å². The fourth-order valence-corrected chi connectivity index (χ4v) is 3.55. The number of urea groups is 1. The molecule has 27 heavy (non-hydrogen) atoms. The molecule has 0 unspecified atom stereocenters. The molecule has 5 nitrogen and oxygen atoms in total. The van der Waals surface area contributed by atoms with E-state index in [2.05, 4.69) is 28.5 Å². The summed E-state index contributed by atoms with van der Waals surface area (Å²) in [5.74, 6) is 0. The highest BCUT2D eigenvalue weighted by atomic mass is 16.5. The van der Waals surface area contributed by atoms with E-state index in [0.29, 0.717) is 19.7 Å². The maximum Gasteiger partial charge on any atom is 0.318 e. The molecule has 1 aliphatic carbocycles. The highest BCUT2D eigenvalue weighted by Crippen LogP contribution is 2.25. The molecule has 2 aromatic rings. The zero-order valence-electron chi connectivity index (χ0n) is 16.3. The normalized spacial score (nSPS) is 14.3. The SMILES string of the molecule is COCCN(Cc1cccnc1)C(=O)N[C@@H](C)c1ccc2c(c1)CCCC2. The summed E-state index contributed by atoms with van der Waals surface area (Å²) in [5.41, 5.74) is 5.07. The van der Waals surface area contributed by atoms with E-state index in [0.717, 1.165) is 17.5 Å². The molecule has 5 heteroatoms. The number of benzene rings is 1. The first-order valence-corrected chi connectivity index (χ1v) is 9.72. The standard InChI is InChI=1S/C22H29N3O2/c1-17(20-10-9-19-7-3-4-8-21(19)14-20)24-22(26)25(12-13-27-2)16-18-6-5-11-23-15-18/h5-6,9-11,14-15,17H,3-4,7-8,12-13,16H2,1-2H3,(H,24,26)/t17-/m0/s1. The second kappa shape index (κ2) is 9.51. The van der Waals surface area contributed by atoms with Crippen molar-refractivity contribution in [1.29, 1.82) is 0 Å². The summed E-state index contributed by atoms with van der Waals surface area (Å²) in [6.07, 6.45) is 8.38. The Morgan fingerprint density at radius 3 is 2.81 bits per heavy atom. The number of ether oxygens (including phenoxy) is 1. The van der Waals surface area contributed by atoms with Crippen molar-refractivity contribution in [2.45, 2.75) is 45.2 Å². The Morgan fingerprint density at radius 1 is 1.26 bits per heavy atom. The lowest BCUT2D eigenvalue weighted by atomic mass is 9.89. The van der Waals surface area contributed by atoms with Crippen LogP contribution in [0.2, 0.25) is 0 Å². The lowest BCUT2D eigenvalue weighted by molar-refractivity contribution is 0.145. The summed E-state index contributed by atoms with van der Waals surface area (Å²) in [5, 5.41) is 3.14. The lowest BCUT2D eigenvalue weighted by Crippen LogP contribution is -2.42. The monoisotopic (exact) mass is 367 g/mol. The zero-order chi connectivity index (χ0) is 19.1. The van der Waals surface area contributed by atoms with Crippen molar-refractivity contribution >= 4 is 6.03 Å². The quantitative estimate of drug-likeness (QED) is 0.808. The smallest absolute Gasteiger partial charge is 0.318 e. The third kappa shape index (κ3) is 5.30. The summed E-state index contributed by atoms with van der Waals surface area (Å²) in [4.78, 5) is 18.8. The van der Waals surface area contributed by atoms with Gasteiger partial charge >= 0.3 is 6.03 Å². The van der Waals surface area contributed by atoms with Crippen LogP contribution in [-0.2, 0) is 24.1 Å². The molecule has 1 aliphatic rings. The van der Waals surface area contributed by atoms with Crippen molar-refractivity contribution < 1.29 is 9.53 Å². The van der Waals surface area contributed by atoms with E-state index in [1.807, 2.05) is 19.1 Å². The van der Waals surface area contributed by atoms with Crippen LogP contribution in [0.1, 0.15) is 48.1 Å². The molecule has 3 rings (SSSR count). The highest BCUT2D eigenvalue weighted by Gasteiger charge is 2.18. The second-order valence-corrected chi connectivity index (χ2v) is 7.18. The molecule has 0 aliphatic heterocycles. The second-order valence-electron chi connectivity index (χ2n) is 7.18. The van der Waals surface area contributed by atoms with E-state index in [-0.39, 0.29) is 12.1 Å². The number of nitrogens with one attached hydrogen (secondary N) is 1. The average Bonchev–Trinajstić information content (AvgIpc) is 2.71. The van der Waals surface area contributed by atoms with Crippen LogP contribution in [0.15, 0.2) is 42.7 Å². The van der Waals surface area contributed by atoms with Crippen molar-refractivity contribution in [3.05, 3.63) is 65.0 Å². The molecule has 0 fully saturated rings. The summed E-state index contributed by atoms with van der Waals surface area (Å²) >= 11 is 0. The van der Waals surface area contributed by atoms with Gasteiger partial charge in [0, 0.05) is 32.6 Å². The van der Waals surface area contributed by atoms with Crippen LogP contribution in [0.4, 0.5) is 4.79 Å². The molecule has 0 saturated heterocycles. The Morgan fingerprint density at radius 2 is 2.07 bits per heavy atom. The van der Waals surface area contributed by atoms with Crippen LogP contribution in [0.25, 0.3) is 0 Å². The maximum atomic E-state index is 12.9. The Balaban J connectivity index is 1.66. The Hall–Kier alpha value is -2.40. The number of rotatable bonds is 7. The van der Waals surface area contributed by atoms with Gasteiger partial charge in [-0.05, 0) is 60.9 Å². The van der Waals surface area contributed by atoms with Gasteiger partial charge in [-0.1, -0.05) is 24.3 Å². The fraction of sp³-hybridized carbons (Fsp3) is 0.455. The first-order chi connectivity index (χ1) is 13.2. The van der Waals surface area contributed by atoms with Gasteiger partial charge in [0.15, 0.2) is 0 Å². The van der Waals surface area contributed by atoms with Crippen molar-refractivity contribution in [1.82, 2.24) is 15.2 Å². The first kappa shape index (κ1) is 19.4. The largest absolute Gasteiger partial charge is 0.383 e. The van der Waals surface area contributed by atoms with Crippen LogP contribution < -0.4 is 5.32 Å². The summed E-state index contributed by atoms with van der Waals surface area (Å²) in [6, 6.07) is 10.4. The van der Waals surface area contributed by atoms with Crippen LogP contribution >= 0.6 is 0 Å². The van der Waals surface area contributed by atoms with Gasteiger partial charge in [-0.25, -0.2) is 4.79 Å². The van der Waals surface area contributed by atoms with Gasteiger partial charge in [0.05, 0.1) is 12.6 Å². The molecule has 2 amide bonds. The molecule has 0 spiro atoms. The number of methoxy groups -OCH3 is 1. The molecule has 1 atom stereocenters. The Kier molecular flexibility index (Phi) is 6.82. The molecule has 0 bridgehead atoms. The van der Waals surface area contributed by atoms with Gasteiger partial charge in [-0.2, -0.15) is 0 Å². The number of amides is 2. The molecular weight excluding hydrogens is 338 g/mol. The number of pyridine rings is 1.